The maximum atomic E-state index is 4.55. The average Bonchev–Trinajstić information content (AvgIpc) is 2.52. The lowest BCUT2D eigenvalue weighted by Crippen LogP contribution is -2.46. The summed E-state index contributed by atoms with van der Waals surface area (Å²) in [6, 6.07) is 12.4. The molecule has 0 saturated carbocycles. The summed E-state index contributed by atoms with van der Waals surface area (Å²) in [5, 5.41) is 0. The number of hydrogen-bond donors (Lipinski definition) is 0. The van der Waals surface area contributed by atoms with E-state index in [0.29, 0.717) is 0 Å². The average molecular weight is 268 g/mol. The molecule has 1 fully saturated rings. The highest BCUT2D eigenvalue weighted by atomic mass is 15.3. The van der Waals surface area contributed by atoms with Crippen LogP contribution in [0.2, 0.25) is 0 Å². The molecule has 0 amide bonds. The zero-order valence-electron chi connectivity index (χ0n) is 11.8. The van der Waals surface area contributed by atoms with Crippen molar-refractivity contribution < 1.29 is 0 Å². The zero-order chi connectivity index (χ0) is 13.8. The fourth-order valence-corrected chi connectivity index (χ4v) is 2.68. The quantitative estimate of drug-likeness (QED) is 0.850. The second-order valence-corrected chi connectivity index (χ2v) is 5.25. The number of pyridine rings is 2. The summed E-state index contributed by atoms with van der Waals surface area (Å²) >= 11 is 0. The van der Waals surface area contributed by atoms with E-state index in [4.69, 9.17) is 0 Å². The van der Waals surface area contributed by atoms with Crippen molar-refractivity contribution in [2.45, 2.75) is 6.04 Å². The largest absolute Gasteiger partial charge is 0.304 e. The molecule has 0 N–H and O–H groups in total. The molecule has 1 saturated heterocycles. The van der Waals surface area contributed by atoms with Crippen molar-refractivity contribution in [1.29, 1.82) is 0 Å². The molecule has 2 aromatic rings. The highest BCUT2D eigenvalue weighted by Crippen LogP contribution is 2.26. The maximum absolute atomic E-state index is 4.55. The van der Waals surface area contributed by atoms with Crippen LogP contribution in [0, 0.1) is 0 Å². The molecule has 1 aliphatic rings. The number of nitrogens with zero attached hydrogens (tertiary/aromatic N) is 4. The minimum atomic E-state index is 0.158. The van der Waals surface area contributed by atoms with Gasteiger partial charge >= 0.3 is 0 Å². The van der Waals surface area contributed by atoms with Gasteiger partial charge in [0.25, 0.3) is 0 Å². The van der Waals surface area contributed by atoms with Crippen molar-refractivity contribution in [2.75, 3.05) is 33.2 Å². The predicted molar refractivity (Wildman–Crippen MR) is 79.4 cm³/mol. The molecule has 4 nitrogen and oxygen atoms in total. The lowest BCUT2D eigenvalue weighted by Gasteiger charge is -2.37. The minimum absolute atomic E-state index is 0.158. The Kier molecular flexibility index (Phi) is 4.04. The van der Waals surface area contributed by atoms with Gasteiger partial charge in [-0.05, 0) is 31.3 Å². The molecule has 3 rings (SSSR count). The summed E-state index contributed by atoms with van der Waals surface area (Å²) < 4.78 is 0. The summed E-state index contributed by atoms with van der Waals surface area (Å²) in [5.41, 5.74) is 2.16. The van der Waals surface area contributed by atoms with Crippen LogP contribution in [0.25, 0.3) is 0 Å². The molecule has 0 atom stereocenters. The van der Waals surface area contributed by atoms with Crippen LogP contribution in [0.15, 0.2) is 48.8 Å². The fraction of sp³-hybridized carbons (Fsp3) is 0.375. The van der Waals surface area contributed by atoms with E-state index in [1.165, 1.54) is 0 Å². The first-order valence-corrected chi connectivity index (χ1v) is 7.09. The van der Waals surface area contributed by atoms with Crippen LogP contribution in [0.1, 0.15) is 17.4 Å². The molecule has 0 radical (unpaired) electrons. The lowest BCUT2D eigenvalue weighted by atomic mass is 10.1. The Morgan fingerprint density at radius 2 is 1.40 bits per heavy atom. The second kappa shape index (κ2) is 6.11. The first-order chi connectivity index (χ1) is 9.84. The first-order valence-electron chi connectivity index (χ1n) is 7.09. The topological polar surface area (TPSA) is 32.3 Å². The standard InChI is InChI=1S/C16H20N4/c1-19-10-12-20(13-11-19)16(14-6-2-4-8-17-14)15-7-3-5-9-18-15/h2-9,16H,10-13H2,1H3. The minimum Gasteiger partial charge on any atom is -0.304 e. The van der Waals surface area contributed by atoms with E-state index in [0.717, 1.165) is 37.6 Å². The van der Waals surface area contributed by atoms with Gasteiger partial charge < -0.3 is 4.90 Å². The number of likely N-dealkylation sites (N-methyl/N-ethyl adjacent to an activating group) is 1. The number of aromatic nitrogens is 2. The Bertz CT molecular complexity index is 481. The molecule has 0 aliphatic carbocycles. The van der Waals surface area contributed by atoms with E-state index >= 15 is 0 Å². The molecule has 3 heterocycles. The molecular weight excluding hydrogens is 248 g/mol. The molecule has 0 bridgehead atoms. The Balaban J connectivity index is 1.92. The van der Waals surface area contributed by atoms with Gasteiger partial charge in [-0.2, -0.15) is 0 Å². The maximum Gasteiger partial charge on any atom is 0.0950 e. The third-order valence-corrected chi connectivity index (χ3v) is 3.84. The van der Waals surface area contributed by atoms with Gasteiger partial charge in [-0.3, -0.25) is 14.9 Å². The van der Waals surface area contributed by atoms with Crippen molar-refractivity contribution in [2.24, 2.45) is 0 Å². The van der Waals surface area contributed by atoms with Crippen molar-refractivity contribution in [1.82, 2.24) is 19.8 Å². The summed E-state index contributed by atoms with van der Waals surface area (Å²) in [6.45, 7) is 4.29. The van der Waals surface area contributed by atoms with Gasteiger partial charge in [0.1, 0.15) is 0 Å². The Hall–Kier alpha value is -1.78. The summed E-state index contributed by atoms with van der Waals surface area (Å²) in [5.74, 6) is 0. The van der Waals surface area contributed by atoms with Gasteiger partial charge in [0.15, 0.2) is 0 Å². The summed E-state index contributed by atoms with van der Waals surface area (Å²) in [6.07, 6.45) is 3.72. The van der Waals surface area contributed by atoms with Crippen molar-refractivity contribution >= 4 is 0 Å². The van der Waals surface area contributed by atoms with Crippen molar-refractivity contribution in [3.05, 3.63) is 60.2 Å². The van der Waals surface area contributed by atoms with E-state index in [-0.39, 0.29) is 6.04 Å². The molecule has 20 heavy (non-hydrogen) atoms. The van der Waals surface area contributed by atoms with Crippen LogP contribution in [-0.4, -0.2) is 53.0 Å². The lowest BCUT2D eigenvalue weighted by molar-refractivity contribution is 0.124. The van der Waals surface area contributed by atoms with E-state index in [1.54, 1.807) is 0 Å². The van der Waals surface area contributed by atoms with Gasteiger partial charge in [0, 0.05) is 38.6 Å². The van der Waals surface area contributed by atoms with E-state index in [1.807, 2.05) is 36.7 Å². The summed E-state index contributed by atoms with van der Waals surface area (Å²) in [7, 11) is 2.17. The zero-order valence-corrected chi connectivity index (χ0v) is 11.8. The first kappa shape index (κ1) is 13.2. The molecule has 0 aromatic carbocycles. The number of rotatable bonds is 3. The highest BCUT2D eigenvalue weighted by Gasteiger charge is 2.26. The van der Waals surface area contributed by atoms with Gasteiger partial charge in [0.05, 0.1) is 17.4 Å². The normalized spacial score (nSPS) is 17.5. The Morgan fingerprint density at radius 1 is 0.850 bits per heavy atom. The van der Waals surface area contributed by atoms with Crippen molar-refractivity contribution in [3.8, 4) is 0 Å². The van der Waals surface area contributed by atoms with Crippen LogP contribution < -0.4 is 0 Å². The van der Waals surface area contributed by atoms with E-state index in [2.05, 4.69) is 38.9 Å². The van der Waals surface area contributed by atoms with Crippen LogP contribution in [0.4, 0.5) is 0 Å². The SMILES string of the molecule is CN1CCN(C(c2ccccn2)c2ccccn2)CC1. The molecular formula is C16H20N4. The molecule has 0 spiro atoms. The molecule has 1 aliphatic heterocycles. The van der Waals surface area contributed by atoms with Crippen molar-refractivity contribution in [3.63, 3.8) is 0 Å². The van der Waals surface area contributed by atoms with Gasteiger partial charge in [-0.25, -0.2) is 0 Å². The van der Waals surface area contributed by atoms with E-state index in [9.17, 15) is 0 Å². The molecule has 104 valence electrons. The fourth-order valence-electron chi connectivity index (χ4n) is 2.68. The van der Waals surface area contributed by atoms with Gasteiger partial charge in [-0.15, -0.1) is 0 Å². The number of piperazine rings is 1. The Labute approximate surface area is 120 Å². The highest BCUT2D eigenvalue weighted by molar-refractivity contribution is 5.22. The summed E-state index contributed by atoms with van der Waals surface area (Å²) in [4.78, 5) is 14.0. The van der Waals surface area contributed by atoms with Crippen LogP contribution >= 0.6 is 0 Å². The third kappa shape index (κ3) is 2.86. The smallest absolute Gasteiger partial charge is 0.0950 e. The second-order valence-electron chi connectivity index (χ2n) is 5.25. The third-order valence-electron chi connectivity index (χ3n) is 3.84. The Morgan fingerprint density at radius 3 is 1.85 bits per heavy atom. The van der Waals surface area contributed by atoms with Gasteiger partial charge in [-0.1, -0.05) is 12.1 Å². The monoisotopic (exact) mass is 268 g/mol. The van der Waals surface area contributed by atoms with Crippen LogP contribution in [-0.2, 0) is 0 Å². The number of hydrogen-bond acceptors (Lipinski definition) is 4. The van der Waals surface area contributed by atoms with Crippen LogP contribution in [0.5, 0.6) is 0 Å². The molecule has 4 heteroatoms. The predicted octanol–water partition coefficient (Wildman–Crippen LogP) is 1.81. The molecule has 2 aromatic heterocycles. The van der Waals surface area contributed by atoms with E-state index < -0.39 is 0 Å². The molecule has 0 unspecified atom stereocenters. The van der Waals surface area contributed by atoms with Crippen LogP contribution in [0.3, 0.4) is 0 Å². The van der Waals surface area contributed by atoms with Gasteiger partial charge in [0.2, 0.25) is 0 Å².